The molecule has 3 aromatic rings. The Morgan fingerprint density at radius 1 is 1.33 bits per heavy atom. The third kappa shape index (κ3) is 4.51. The van der Waals surface area contributed by atoms with E-state index in [0.717, 1.165) is 10.4 Å². The molecule has 13 heteroatoms. The summed E-state index contributed by atoms with van der Waals surface area (Å²) >= 11 is 6.17. The molecule has 0 aliphatic carbocycles. The summed E-state index contributed by atoms with van der Waals surface area (Å²) in [5.74, 6) is -0.567. The van der Waals surface area contributed by atoms with Gasteiger partial charge in [0, 0.05) is 29.7 Å². The number of sulfonamides is 1. The number of amides is 1. The van der Waals surface area contributed by atoms with Crippen molar-refractivity contribution in [1.82, 2.24) is 14.5 Å². The molecule has 1 amide bonds. The normalized spacial score (nSPS) is 16.7. The van der Waals surface area contributed by atoms with E-state index in [1.807, 2.05) is 0 Å². The van der Waals surface area contributed by atoms with E-state index in [4.69, 9.17) is 16.7 Å². The Morgan fingerprint density at radius 3 is 2.76 bits per heavy atom. The number of anilines is 2. The molecule has 0 bridgehead atoms. The summed E-state index contributed by atoms with van der Waals surface area (Å²) in [4.78, 5) is 12.4. The maximum atomic E-state index is 13.3. The Bertz CT molecular complexity index is 1300. The minimum atomic E-state index is -4.26. The maximum absolute atomic E-state index is 13.3. The molecule has 1 fully saturated rings. The van der Waals surface area contributed by atoms with Gasteiger partial charge < -0.3 is 15.7 Å². The summed E-state index contributed by atoms with van der Waals surface area (Å²) in [6.07, 6.45) is -1.33. The predicted molar refractivity (Wildman–Crippen MR) is 119 cm³/mol. The molecule has 1 aromatic heterocycles. The second-order valence-electron chi connectivity index (χ2n) is 7.41. The van der Waals surface area contributed by atoms with Crippen LogP contribution >= 0.6 is 11.6 Å². The van der Waals surface area contributed by atoms with Crippen LogP contribution in [0.2, 0.25) is 5.02 Å². The van der Waals surface area contributed by atoms with Gasteiger partial charge in [0.15, 0.2) is 0 Å². The Hall–Kier alpha value is -2.80. The van der Waals surface area contributed by atoms with Gasteiger partial charge in [0.2, 0.25) is 15.9 Å². The van der Waals surface area contributed by atoms with Gasteiger partial charge in [-0.05, 0) is 36.8 Å². The highest BCUT2D eigenvalue weighted by molar-refractivity contribution is 7.89. The minimum Gasteiger partial charge on any atom is -0.395 e. The van der Waals surface area contributed by atoms with Gasteiger partial charge in [0.25, 0.3) is 6.43 Å². The van der Waals surface area contributed by atoms with Crippen LogP contribution in [0.4, 0.5) is 20.2 Å². The number of carbonyl (C=O) groups excluding carboxylic acids is 1. The second-order valence-corrected chi connectivity index (χ2v) is 9.67. The predicted octanol–water partition coefficient (Wildman–Crippen LogP) is 2.96. The molecule has 176 valence electrons. The van der Waals surface area contributed by atoms with E-state index in [2.05, 4.69) is 20.8 Å². The molecule has 9 nitrogen and oxygen atoms in total. The lowest BCUT2D eigenvalue weighted by molar-refractivity contribution is -0.122. The topological polar surface area (TPSA) is 127 Å². The number of H-pyrrole nitrogens is 1. The molecule has 1 saturated heterocycles. The van der Waals surface area contributed by atoms with Crippen LogP contribution in [0.15, 0.2) is 41.4 Å². The third-order valence-corrected chi connectivity index (χ3v) is 7.56. The average Bonchev–Trinajstić information content (AvgIpc) is 3.19. The van der Waals surface area contributed by atoms with Gasteiger partial charge in [0.05, 0.1) is 29.0 Å². The molecule has 0 radical (unpaired) electrons. The molecule has 1 aliphatic rings. The number of halogens is 3. The number of rotatable bonds is 8. The summed E-state index contributed by atoms with van der Waals surface area (Å²) in [7, 11) is -4.26. The standard InChI is InChI=1S/C20H20ClF2N5O4S/c21-14-9-13(1-2-15(14)24-4-6-29)26-20(30)16-3-5-28(16)33(31,32)17-8-11(19(22)23)7-12-10-25-27-18(12)17/h1-2,7-10,16,19,24,29H,3-6H2,(H,25,27)(H,26,30)/t16-/m1/s1. The monoisotopic (exact) mass is 499 g/mol. The highest BCUT2D eigenvalue weighted by Crippen LogP contribution is 2.34. The van der Waals surface area contributed by atoms with Crippen LogP contribution in [-0.2, 0) is 14.8 Å². The maximum Gasteiger partial charge on any atom is 0.263 e. The van der Waals surface area contributed by atoms with Crippen LogP contribution in [0, 0.1) is 0 Å². The lowest BCUT2D eigenvalue weighted by atomic mass is 10.1. The highest BCUT2D eigenvalue weighted by atomic mass is 35.5. The number of hydrogen-bond donors (Lipinski definition) is 4. The van der Waals surface area contributed by atoms with Crippen molar-refractivity contribution in [2.75, 3.05) is 30.3 Å². The Morgan fingerprint density at radius 2 is 2.12 bits per heavy atom. The number of aliphatic hydroxyl groups excluding tert-OH is 1. The van der Waals surface area contributed by atoms with E-state index in [9.17, 15) is 22.0 Å². The van der Waals surface area contributed by atoms with Gasteiger partial charge in [-0.25, -0.2) is 17.2 Å². The number of aliphatic hydroxyl groups is 1. The number of nitrogens with one attached hydrogen (secondary N) is 3. The van der Waals surface area contributed by atoms with Crippen LogP contribution in [0.5, 0.6) is 0 Å². The molecule has 2 aromatic carbocycles. The number of aromatic amines is 1. The fourth-order valence-electron chi connectivity index (χ4n) is 3.57. The zero-order valence-corrected chi connectivity index (χ0v) is 18.6. The molecule has 1 aliphatic heterocycles. The zero-order valence-electron chi connectivity index (χ0n) is 17.1. The SMILES string of the molecule is O=C(Nc1ccc(NCCO)c(Cl)c1)[C@H]1CCN1S(=O)(=O)c1cc(C(F)F)cc2cn[nH]c12. The zero-order chi connectivity index (χ0) is 23.8. The van der Waals surface area contributed by atoms with Crippen LogP contribution in [0.1, 0.15) is 18.4 Å². The van der Waals surface area contributed by atoms with Gasteiger partial charge in [-0.2, -0.15) is 9.40 Å². The van der Waals surface area contributed by atoms with Gasteiger partial charge >= 0.3 is 0 Å². The van der Waals surface area contributed by atoms with Crippen molar-refractivity contribution in [3.8, 4) is 0 Å². The van der Waals surface area contributed by atoms with Crippen LogP contribution in [0.25, 0.3) is 10.9 Å². The largest absolute Gasteiger partial charge is 0.395 e. The smallest absolute Gasteiger partial charge is 0.263 e. The first-order valence-electron chi connectivity index (χ1n) is 9.94. The Labute approximate surface area is 192 Å². The van der Waals surface area contributed by atoms with E-state index in [1.165, 1.54) is 18.3 Å². The first kappa shape index (κ1) is 23.4. The van der Waals surface area contributed by atoms with E-state index < -0.39 is 34.0 Å². The van der Waals surface area contributed by atoms with E-state index in [-0.39, 0.29) is 35.4 Å². The summed E-state index contributed by atoms with van der Waals surface area (Å²) in [6.45, 7) is 0.294. The summed E-state index contributed by atoms with van der Waals surface area (Å²) in [6, 6.07) is 5.78. The van der Waals surface area contributed by atoms with Crippen LogP contribution in [0.3, 0.4) is 0 Å². The molecular weight excluding hydrogens is 480 g/mol. The number of nitrogens with zero attached hydrogens (tertiary/aromatic N) is 2. The fraction of sp³-hybridized carbons (Fsp3) is 0.300. The van der Waals surface area contributed by atoms with Crippen molar-refractivity contribution in [2.24, 2.45) is 0 Å². The minimum absolute atomic E-state index is 0.0692. The summed E-state index contributed by atoms with van der Waals surface area (Å²) in [5, 5.41) is 21.3. The summed E-state index contributed by atoms with van der Waals surface area (Å²) < 4.78 is 54.1. The Kier molecular flexibility index (Phi) is 6.52. The van der Waals surface area contributed by atoms with Crippen molar-refractivity contribution in [3.63, 3.8) is 0 Å². The number of carbonyl (C=O) groups is 1. The molecule has 0 spiro atoms. The van der Waals surface area contributed by atoms with Gasteiger partial charge in [-0.3, -0.25) is 9.89 Å². The third-order valence-electron chi connectivity index (χ3n) is 5.31. The van der Waals surface area contributed by atoms with Crippen LogP contribution in [-0.4, -0.2) is 59.7 Å². The highest BCUT2D eigenvalue weighted by Gasteiger charge is 2.43. The van der Waals surface area contributed by atoms with Crippen molar-refractivity contribution in [2.45, 2.75) is 23.8 Å². The van der Waals surface area contributed by atoms with Crippen molar-refractivity contribution >= 4 is 49.8 Å². The van der Waals surface area contributed by atoms with Crippen molar-refractivity contribution < 1.29 is 27.1 Å². The quantitative estimate of drug-likeness (QED) is 0.377. The van der Waals surface area contributed by atoms with Crippen LogP contribution < -0.4 is 10.6 Å². The number of alkyl halides is 2. The first-order valence-corrected chi connectivity index (χ1v) is 11.8. The lowest BCUT2D eigenvalue weighted by Crippen LogP contribution is -2.56. The molecule has 4 rings (SSSR count). The number of fused-ring (bicyclic) bond motifs is 1. The number of benzene rings is 2. The molecule has 2 heterocycles. The Balaban J connectivity index is 1.56. The van der Waals surface area contributed by atoms with Gasteiger partial charge in [-0.15, -0.1) is 0 Å². The molecule has 33 heavy (non-hydrogen) atoms. The molecule has 0 unspecified atom stereocenters. The van der Waals surface area contributed by atoms with Gasteiger partial charge in [-0.1, -0.05) is 11.6 Å². The van der Waals surface area contributed by atoms with E-state index in [0.29, 0.717) is 22.9 Å². The second kappa shape index (κ2) is 9.21. The van der Waals surface area contributed by atoms with Crippen molar-refractivity contribution in [3.05, 3.63) is 47.1 Å². The average molecular weight is 500 g/mol. The lowest BCUT2D eigenvalue weighted by Gasteiger charge is -2.38. The van der Waals surface area contributed by atoms with E-state index >= 15 is 0 Å². The van der Waals surface area contributed by atoms with Gasteiger partial charge in [0.1, 0.15) is 10.9 Å². The molecule has 4 N–H and O–H groups in total. The fourth-order valence-corrected chi connectivity index (χ4v) is 5.66. The van der Waals surface area contributed by atoms with E-state index in [1.54, 1.807) is 12.1 Å². The number of hydrogen-bond acceptors (Lipinski definition) is 6. The molecule has 1 atom stereocenters. The molecular formula is C20H20ClF2N5O4S. The van der Waals surface area contributed by atoms with Crippen molar-refractivity contribution in [1.29, 1.82) is 0 Å². The first-order chi connectivity index (χ1) is 15.7. The number of aromatic nitrogens is 2. The molecule has 0 saturated carbocycles. The summed E-state index contributed by atoms with van der Waals surface area (Å²) in [5.41, 5.74) is 0.579.